The lowest BCUT2D eigenvalue weighted by atomic mass is 10.2. The number of aromatic nitrogens is 4. The van der Waals surface area contributed by atoms with Crippen molar-refractivity contribution >= 4 is 61.1 Å². The number of ether oxygens (including phenoxy) is 1. The maximum Gasteiger partial charge on any atom is 0.258 e. The molecule has 0 aliphatic rings. The van der Waals surface area contributed by atoms with Gasteiger partial charge in [0.15, 0.2) is 17.2 Å². The number of nitrogens with one attached hydrogen (secondary N) is 2. The van der Waals surface area contributed by atoms with Crippen LogP contribution in [0.25, 0.3) is 20.3 Å². The number of aromatic amines is 1. The highest BCUT2D eigenvalue weighted by Gasteiger charge is 2.14. The summed E-state index contributed by atoms with van der Waals surface area (Å²) in [5.41, 5.74) is 1.00. The van der Waals surface area contributed by atoms with Gasteiger partial charge in [-0.25, -0.2) is 4.98 Å². The van der Waals surface area contributed by atoms with Gasteiger partial charge in [0, 0.05) is 18.0 Å². The van der Waals surface area contributed by atoms with Crippen molar-refractivity contribution in [1.29, 1.82) is 0 Å². The average molecular weight is 420 g/mol. The van der Waals surface area contributed by atoms with Crippen LogP contribution in [0.5, 0.6) is 5.75 Å². The van der Waals surface area contributed by atoms with Crippen molar-refractivity contribution in [1.82, 2.24) is 25.1 Å². The Morgan fingerprint density at radius 1 is 1.48 bits per heavy atom. The van der Waals surface area contributed by atoms with Crippen molar-refractivity contribution < 1.29 is 9.53 Å². The van der Waals surface area contributed by atoms with Gasteiger partial charge in [-0.3, -0.25) is 9.89 Å². The number of carbonyl (C=O) groups is 1. The van der Waals surface area contributed by atoms with E-state index in [0.717, 1.165) is 25.3 Å². The van der Waals surface area contributed by atoms with Gasteiger partial charge in [-0.05, 0) is 37.5 Å². The number of nitrogens with zero attached hydrogens (tertiary/aromatic N) is 3. The number of benzene rings is 1. The van der Waals surface area contributed by atoms with Gasteiger partial charge in [0.05, 0.1) is 26.5 Å². The van der Waals surface area contributed by atoms with Crippen molar-refractivity contribution in [2.45, 2.75) is 26.9 Å². The van der Waals surface area contributed by atoms with E-state index in [4.69, 9.17) is 17.0 Å². The number of thiophene rings is 1. The van der Waals surface area contributed by atoms with Crippen LogP contribution >= 0.6 is 34.9 Å². The van der Waals surface area contributed by atoms with Crippen LogP contribution in [0.3, 0.4) is 0 Å². The lowest BCUT2D eigenvalue weighted by molar-refractivity contribution is -0.123. The molecule has 0 saturated heterocycles. The molecule has 0 saturated carbocycles. The van der Waals surface area contributed by atoms with Crippen molar-refractivity contribution in [3.63, 3.8) is 0 Å². The third kappa shape index (κ3) is 3.47. The number of carbonyl (C=O) groups excluding carboxylic acids is 1. The van der Waals surface area contributed by atoms with Gasteiger partial charge in [0.25, 0.3) is 5.91 Å². The Bertz CT molecular complexity index is 1190. The number of hydrogen-bond donors (Lipinski definition) is 2. The fraction of sp³-hybridized carbons (Fsp3) is 0.294. The molecule has 1 amide bonds. The normalized spacial score (nSPS) is 11.3. The fourth-order valence-corrected chi connectivity index (χ4v) is 5.00. The second kappa shape index (κ2) is 7.37. The zero-order chi connectivity index (χ0) is 19.0. The first-order valence-electron chi connectivity index (χ1n) is 8.37. The van der Waals surface area contributed by atoms with Crippen LogP contribution in [-0.4, -0.2) is 32.3 Å². The lowest BCUT2D eigenvalue weighted by Gasteiger charge is -2.09. The molecule has 0 atom stereocenters. The van der Waals surface area contributed by atoms with Crippen LogP contribution in [0.2, 0.25) is 0 Å². The predicted octanol–water partition coefficient (Wildman–Crippen LogP) is 3.79. The Morgan fingerprint density at radius 2 is 2.33 bits per heavy atom. The molecule has 2 N–H and O–H groups in total. The molecule has 0 aliphatic heterocycles. The number of amides is 1. The molecule has 0 aliphatic carbocycles. The van der Waals surface area contributed by atoms with E-state index in [1.54, 1.807) is 22.7 Å². The average Bonchev–Trinajstić information content (AvgIpc) is 3.35. The predicted molar refractivity (Wildman–Crippen MR) is 110 cm³/mol. The molecular formula is C17H17N5O2S3. The van der Waals surface area contributed by atoms with Crippen LogP contribution in [0.1, 0.15) is 17.8 Å². The molecule has 10 heteroatoms. The van der Waals surface area contributed by atoms with Gasteiger partial charge in [-0.15, -0.1) is 22.7 Å². The molecule has 1 aromatic carbocycles. The molecule has 0 spiro atoms. The quantitative estimate of drug-likeness (QED) is 0.465. The van der Waals surface area contributed by atoms with E-state index in [1.165, 1.54) is 0 Å². The summed E-state index contributed by atoms with van der Waals surface area (Å²) in [5, 5.41) is 13.7. The van der Waals surface area contributed by atoms with E-state index in [2.05, 4.69) is 20.5 Å². The first-order chi connectivity index (χ1) is 13.1. The number of thiazole rings is 1. The molecule has 0 unspecified atom stereocenters. The second-order valence-electron chi connectivity index (χ2n) is 5.87. The summed E-state index contributed by atoms with van der Waals surface area (Å²) in [4.78, 5) is 16.8. The summed E-state index contributed by atoms with van der Waals surface area (Å²) in [6.07, 6.45) is 0. The minimum atomic E-state index is -0.212. The van der Waals surface area contributed by atoms with Crippen LogP contribution in [0.4, 0.5) is 0 Å². The van der Waals surface area contributed by atoms with E-state index in [0.29, 0.717) is 29.4 Å². The van der Waals surface area contributed by atoms with E-state index in [1.807, 2.05) is 35.9 Å². The Hall–Kier alpha value is -2.30. The molecule has 3 heterocycles. The highest BCUT2D eigenvalue weighted by molar-refractivity contribution is 7.71. The van der Waals surface area contributed by atoms with Crippen LogP contribution in [-0.2, 0) is 17.9 Å². The van der Waals surface area contributed by atoms with E-state index < -0.39 is 0 Å². The van der Waals surface area contributed by atoms with Gasteiger partial charge < -0.3 is 14.6 Å². The first kappa shape index (κ1) is 18.1. The summed E-state index contributed by atoms with van der Waals surface area (Å²) < 4.78 is 10.4. The summed E-state index contributed by atoms with van der Waals surface area (Å²) >= 11 is 8.40. The molecular weight excluding hydrogens is 402 g/mol. The summed E-state index contributed by atoms with van der Waals surface area (Å²) in [7, 11) is 0. The molecule has 7 nitrogen and oxygen atoms in total. The fourth-order valence-electron chi connectivity index (χ4n) is 2.89. The molecule has 4 aromatic rings. The van der Waals surface area contributed by atoms with Crippen molar-refractivity contribution in [3.8, 4) is 5.75 Å². The minimum Gasteiger partial charge on any atom is -0.483 e. The molecule has 0 bridgehead atoms. The second-order valence-corrected chi connectivity index (χ2v) is 8.41. The maximum absolute atomic E-state index is 12.2. The Kier molecular flexibility index (Phi) is 4.94. The lowest BCUT2D eigenvalue weighted by Crippen LogP contribution is -2.29. The highest BCUT2D eigenvalue weighted by atomic mass is 32.1. The summed E-state index contributed by atoms with van der Waals surface area (Å²) in [5.74, 6) is 1.18. The van der Waals surface area contributed by atoms with Gasteiger partial charge in [0.1, 0.15) is 5.75 Å². The molecule has 4 rings (SSSR count). The van der Waals surface area contributed by atoms with Crippen molar-refractivity contribution in [2.75, 3.05) is 6.61 Å². The van der Waals surface area contributed by atoms with Gasteiger partial charge in [-0.2, -0.15) is 5.10 Å². The standard InChI is InChI=1S/C17H17N5O2S3/c1-3-22-13(20-21-17(22)25)7-18-14(23)8-24-11-6-12-15(19-9(2)27-12)16-10(11)4-5-26-16/h4-6H,3,7-8H2,1-2H3,(H,18,23)(H,21,25). The smallest absolute Gasteiger partial charge is 0.258 e. The maximum atomic E-state index is 12.2. The zero-order valence-electron chi connectivity index (χ0n) is 14.7. The van der Waals surface area contributed by atoms with Crippen LogP contribution in [0, 0.1) is 11.7 Å². The monoisotopic (exact) mass is 419 g/mol. The number of hydrogen-bond acceptors (Lipinski definition) is 7. The van der Waals surface area contributed by atoms with Crippen molar-refractivity contribution in [2.24, 2.45) is 0 Å². The first-order valence-corrected chi connectivity index (χ1v) is 10.5. The van der Waals surface area contributed by atoms with E-state index in [-0.39, 0.29) is 12.5 Å². The molecule has 0 radical (unpaired) electrons. The minimum absolute atomic E-state index is 0.0640. The number of H-pyrrole nitrogens is 1. The molecule has 3 aromatic heterocycles. The van der Waals surface area contributed by atoms with Crippen molar-refractivity contribution in [3.05, 3.63) is 33.1 Å². The Morgan fingerprint density at radius 3 is 3.15 bits per heavy atom. The number of fused-ring (bicyclic) bond motifs is 3. The van der Waals surface area contributed by atoms with E-state index >= 15 is 0 Å². The third-order valence-electron chi connectivity index (χ3n) is 4.12. The highest BCUT2D eigenvalue weighted by Crippen LogP contribution is 2.38. The van der Waals surface area contributed by atoms with Gasteiger partial charge in [-0.1, -0.05) is 0 Å². The number of rotatable bonds is 6. The largest absolute Gasteiger partial charge is 0.483 e. The van der Waals surface area contributed by atoms with Gasteiger partial charge in [0.2, 0.25) is 0 Å². The summed E-state index contributed by atoms with van der Waals surface area (Å²) in [6, 6.07) is 3.96. The van der Waals surface area contributed by atoms with Crippen LogP contribution < -0.4 is 10.1 Å². The Balaban J connectivity index is 1.47. The molecule has 0 fully saturated rings. The number of aryl methyl sites for hydroxylation is 1. The third-order valence-corrected chi connectivity index (χ3v) is 6.27. The molecule has 27 heavy (non-hydrogen) atoms. The topological polar surface area (TPSA) is 84.8 Å². The van der Waals surface area contributed by atoms with Gasteiger partial charge >= 0.3 is 0 Å². The molecule has 140 valence electrons. The van der Waals surface area contributed by atoms with Crippen LogP contribution in [0.15, 0.2) is 17.5 Å². The SMILES string of the molecule is CCn1c(CNC(=O)COc2cc3sc(C)nc3c3sccc23)n[nH]c1=S. The Labute approximate surface area is 168 Å². The zero-order valence-corrected chi connectivity index (χ0v) is 17.2. The summed E-state index contributed by atoms with van der Waals surface area (Å²) in [6.45, 7) is 4.89. The van der Waals surface area contributed by atoms with E-state index in [9.17, 15) is 4.79 Å².